The molecule has 14 heavy (non-hydrogen) atoms. The standard InChI is InChI=1S/C10H11FN2O/c11-9-6-8(12)5-4-7(9)2-1-3-10(13)14/h1-2,4-6H,3,12H2,(H2,13,14). The number of rotatable bonds is 3. The molecular formula is C10H11FN2O. The highest BCUT2D eigenvalue weighted by Gasteiger charge is 1.98. The number of nitrogen functional groups attached to an aromatic ring is 1. The first kappa shape index (κ1) is 10.2. The number of benzene rings is 1. The van der Waals surface area contributed by atoms with Crippen molar-refractivity contribution < 1.29 is 9.18 Å². The van der Waals surface area contributed by atoms with Crippen LogP contribution in [-0.4, -0.2) is 5.91 Å². The van der Waals surface area contributed by atoms with E-state index >= 15 is 0 Å². The molecule has 0 saturated heterocycles. The average molecular weight is 194 g/mol. The van der Waals surface area contributed by atoms with Gasteiger partial charge in [-0.05, 0) is 12.1 Å². The van der Waals surface area contributed by atoms with Crippen LogP contribution in [0.1, 0.15) is 12.0 Å². The lowest BCUT2D eigenvalue weighted by molar-refractivity contribution is -0.117. The van der Waals surface area contributed by atoms with Crippen LogP contribution in [0, 0.1) is 5.82 Å². The van der Waals surface area contributed by atoms with E-state index in [9.17, 15) is 9.18 Å². The summed E-state index contributed by atoms with van der Waals surface area (Å²) in [5.41, 5.74) is 11.0. The fraction of sp³-hybridized carbons (Fsp3) is 0.100. The number of amides is 1. The lowest BCUT2D eigenvalue weighted by atomic mass is 10.1. The number of carbonyl (C=O) groups is 1. The third-order valence-electron chi connectivity index (χ3n) is 1.64. The molecule has 0 aliphatic heterocycles. The summed E-state index contributed by atoms with van der Waals surface area (Å²) in [6, 6.07) is 4.36. The van der Waals surface area contributed by atoms with Crippen molar-refractivity contribution in [2.75, 3.05) is 5.73 Å². The predicted molar refractivity (Wildman–Crippen MR) is 53.7 cm³/mol. The van der Waals surface area contributed by atoms with Crippen molar-refractivity contribution in [2.24, 2.45) is 5.73 Å². The molecule has 0 atom stereocenters. The van der Waals surface area contributed by atoms with Crippen LogP contribution in [0.5, 0.6) is 0 Å². The smallest absolute Gasteiger partial charge is 0.221 e. The van der Waals surface area contributed by atoms with Gasteiger partial charge in [0.05, 0.1) is 0 Å². The van der Waals surface area contributed by atoms with Crippen molar-refractivity contribution in [1.29, 1.82) is 0 Å². The zero-order chi connectivity index (χ0) is 10.6. The zero-order valence-electron chi connectivity index (χ0n) is 7.53. The van der Waals surface area contributed by atoms with Gasteiger partial charge in [0.2, 0.25) is 5.91 Å². The second-order valence-electron chi connectivity index (χ2n) is 2.85. The third kappa shape index (κ3) is 2.90. The van der Waals surface area contributed by atoms with Crippen molar-refractivity contribution in [3.05, 3.63) is 35.7 Å². The summed E-state index contributed by atoms with van der Waals surface area (Å²) < 4.78 is 13.1. The molecule has 1 amide bonds. The number of primary amides is 1. The average Bonchev–Trinajstić information content (AvgIpc) is 2.08. The largest absolute Gasteiger partial charge is 0.399 e. The van der Waals surface area contributed by atoms with Crippen LogP contribution in [0.15, 0.2) is 24.3 Å². The number of nitrogens with two attached hydrogens (primary N) is 2. The molecule has 0 aromatic heterocycles. The molecule has 0 aliphatic carbocycles. The number of carbonyl (C=O) groups excluding carboxylic acids is 1. The Hall–Kier alpha value is -1.84. The van der Waals surface area contributed by atoms with Crippen LogP contribution < -0.4 is 11.5 Å². The van der Waals surface area contributed by atoms with Crippen molar-refractivity contribution >= 4 is 17.7 Å². The van der Waals surface area contributed by atoms with Gasteiger partial charge >= 0.3 is 0 Å². The first-order valence-corrected chi connectivity index (χ1v) is 4.09. The van der Waals surface area contributed by atoms with Gasteiger partial charge in [0.25, 0.3) is 0 Å². The van der Waals surface area contributed by atoms with Gasteiger partial charge in [-0.15, -0.1) is 0 Å². The van der Waals surface area contributed by atoms with E-state index in [0.717, 1.165) is 0 Å². The Bertz CT molecular complexity index is 374. The number of anilines is 1. The summed E-state index contributed by atoms with van der Waals surface area (Å²) in [7, 11) is 0. The molecule has 1 rings (SSSR count). The molecule has 0 unspecified atom stereocenters. The second kappa shape index (κ2) is 4.41. The summed E-state index contributed by atoms with van der Waals surface area (Å²) in [6.45, 7) is 0. The van der Waals surface area contributed by atoms with Crippen molar-refractivity contribution in [3.8, 4) is 0 Å². The van der Waals surface area contributed by atoms with E-state index < -0.39 is 11.7 Å². The molecule has 0 heterocycles. The van der Waals surface area contributed by atoms with E-state index in [0.29, 0.717) is 11.3 Å². The fourth-order valence-electron chi connectivity index (χ4n) is 0.981. The lowest BCUT2D eigenvalue weighted by Gasteiger charge is -1.97. The molecule has 0 radical (unpaired) electrons. The molecular weight excluding hydrogens is 183 g/mol. The molecule has 0 saturated carbocycles. The molecule has 74 valence electrons. The summed E-state index contributed by atoms with van der Waals surface area (Å²) in [5.74, 6) is -0.858. The molecule has 0 fully saturated rings. The summed E-state index contributed by atoms with van der Waals surface area (Å²) in [5, 5.41) is 0. The topological polar surface area (TPSA) is 69.1 Å². The van der Waals surface area contributed by atoms with Gasteiger partial charge in [-0.2, -0.15) is 0 Å². The molecule has 1 aromatic carbocycles. The first-order chi connectivity index (χ1) is 6.59. The summed E-state index contributed by atoms with van der Waals surface area (Å²) in [6.07, 6.45) is 3.11. The van der Waals surface area contributed by atoms with Crippen LogP contribution in [0.25, 0.3) is 6.08 Å². The first-order valence-electron chi connectivity index (χ1n) is 4.09. The highest BCUT2D eigenvalue weighted by atomic mass is 19.1. The van der Waals surface area contributed by atoms with Gasteiger partial charge in [-0.3, -0.25) is 4.79 Å². The SMILES string of the molecule is NC(=O)CC=Cc1ccc(N)cc1F. The van der Waals surface area contributed by atoms with Gasteiger partial charge < -0.3 is 11.5 Å². The van der Waals surface area contributed by atoms with Crippen LogP contribution in [0.2, 0.25) is 0 Å². The lowest BCUT2D eigenvalue weighted by Crippen LogP contribution is -2.07. The van der Waals surface area contributed by atoms with E-state index in [2.05, 4.69) is 0 Å². The quantitative estimate of drug-likeness (QED) is 0.712. The Morgan fingerprint density at radius 1 is 1.50 bits per heavy atom. The van der Waals surface area contributed by atoms with E-state index in [-0.39, 0.29) is 6.42 Å². The summed E-state index contributed by atoms with van der Waals surface area (Å²) >= 11 is 0. The highest BCUT2D eigenvalue weighted by Crippen LogP contribution is 2.13. The van der Waals surface area contributed by atoms with Crippen molar-refractivity contribution in [2.45, 2.75) is 6.42 Å². The van der Waals surface area contributed by atoms with Gasteiger partial charge in [0, 0.05) is 17.7 Å². The number of halogens is 1. The second-order valence-corrected chi connectivity index (χ2v) is 2.85. The molecule has 1 aromatic rings. The van der Waals surface area contributed by atoms with Crippen LogP contribution >= 0.6 is 0 Å². The van der Waals surface area contributed by atoms with E-state index in [1.54, 1.807) is 12.1 Å². The number of hydrogen-bond donors (Lipinski definition) is 2. The molecule has 0 bridgehead atoms. The molecule has 4 heteroatoms. The minimum absolute atomic E-state index is 0.101. The molecule has 4 N–H and O–H groups in total. The summed E-state index contributed by atoms with van der Waals surface area (Å²) in [4.78, 5) is 10.4. The van der Waals surface area contributed by atoms with E-state index in [4.69, 9.17) is 11.5 Å². The van der Waals surface area contributed by atoms with Crippen molar-refractivity contribution in [1.82, 2.24) is 0 Å². The monoisotopic (exact) mass is 194 g/mol. The molecule has 0 aliphatic rings. The Morgan fingerprint density at radius 2 is 2.21 bits per heavy atom. The van der Waals surface area contributed by atoms with Crippen LogP contribution in [0.4, 0.5) is 10.1 Å². The maximum atomic E-state index is 13.1. The Labute approximate surface area is 81.2 Å². The third-order valence-corrected chi connectivity index (χ3v) is 1.64. The minimum atomic E-state index is -0.447. The van der Waals surface area contributed by atoms with Crippen LogP contribution in [0.3, 0.4) is 0 Å². The Balaban J connectivity index is 2.76. The molecule has 3 nitrogen and oxygen atoms in total. The van der Waals surface area contributed by atoms with Crippen molar-refractivity contribution in [3.63, 3.8) is 0 Å². The van der Waals surface area contributed by atoms with Gasteiger partial charge in [0.1, 0.15) is 5.82 Å². The normalized spacial score (nSPS) is 10.6. The van der Waals surface area contributed by atoms with Gasteiger partial charge in [-0.1, -0.05) is 18.2 Å². The van der Waals surface area contributed by atoms with E-state index in [1.165, 1.54) is 18.2 Å². The van der Waals surface area contributed by atoms with Gasteiger partial charge in [-0.25, -0.2) is 4.39 Å². The maximum Gasteiger partial charge on any atom is 0.221 e. The fourth-order valence-corrected chi connectivity index (χ4v) is 0.981. The van der Waals surface area contributed by atoms with Gasteiger partial charge in [0.15, 0.2) is 0 Å². The Kier molecular flexibility index (Phi) is 3.23. The van der Waals surface area contributed by atoms with E-state index in [1.807, 2.05) is 0 Å². The number of hydrogen-bond acceptors (Lipinski definition) is 2. The minimum Gasteiger partial charge on any atom is -0.399 e. The molecule has 0 spiro atoms. The zero-order valence-corrected chi connectivity index (χ0v) is 7.53. The predicted octanol–water partition coefficient (Wildman–Crippen LogP) is 1.30. The Morgan fingerprint density at radius 3 is 2.79 bits per heavy atom. The highest BCUT2D eigenvalue weighted by molar-refractivity contribution is 5.76. The van der Waals surface area contributed by atoms with Crippen LogP contribution in [-0.2, 0) is 4.79 Å². The maximum absolute atomic E-state index is 13.1.